The largest absolute Gasteiger partial charge is 0.481 e. The van der Waals surface area contributed by atoms with Crippen LogP contribution in [-0.4, -0.2) is 104 Å². The number of sulfonamides is 1. The topological polar surface area (TPSA) is 151 Å². The van der Waals surface area contributed by atoms with Gasteiger partial charge in [-0.05, 0) is 48.5 Å². The molecular formula is C30H37N7O6S. The minimum atomic E-state index is -3.39. The average molecular weight is 624 g/mol. The first kappa shape index (κ1) is 31.2. The third-order valence-electron chi connectivity index (χ3n) is 7.11. The lowest BCUT2D eigenvalue weighted by Gasteiger charge is -2.36. The number of carbonyl (C=O) groups is 1. The molecule has 2 aromatic carbocycles. The maximum absolute atomic E-state index is 11.7. The molecule has 13 nitrogen and oxygen atoms in total. The van der Waals surface area contributed by atoms with E-state index in [-0.39, 0.29) is 13.0 Å². The van der Waals surface area contributed by atoms with Gasteiger partial charge < -0.3 is 24.8 Å². The lowest BCUT2D eigenvalue weighted by atomic mass is 10.1. The van der Waals surface area contributed by atoms with E-state index in [2.05, 4.69) is 42.1 Å². The molecular weight excluding hydrogens is 586 g/mol. The van der Waals surface area contributed by atoms with Gasteiger partial charge in [-0.3, -0.25) is 14.4 Å². The third-order valence-corrected chi connectivity index (χ3v) is 7.71. The fourth-order valence-corrected chi connectivity index (χ4v) is 5.48. The number of piperazine rings is 1. The summed E-state index contributed by atoms with van der Waals surface area (Å²) >= 11 is 0. The van der Waals surface area contributed by atoms with Gasteiger partial charge in [0.1, 0.15) is 0 Å². The monoisotopic (exact) mass is 623 g/mol. The third kappa shape index (κ3) is 8.89. The molecule has 0 aliphatic carbocycles. The fraction of sp³-hybridized carbons (Fsp3) is 0.367. The van der Waals surface area contributed by atoms with Crippen LogP contribution in [0.2, 0.25) is 0 Å². The van der Waals surface area contributed by atoms with E-state index in [0.29, 0.717) is 31.5 Å². The van der Waals surface area contributed by atoms with Gasteiger partial charge >= 0.3 is 5.97 Å². The molecule has 0 spiro atoms. The number of nitrogens with zero attached hydrogens (tertiary/aromatic N) is 5. The second-order valence-corrected chi connectivity index (χ2v) is 12.2. The molecule has 14 heteroatoms. The first-order valence-corrected chi connectivity index (χ1v) is 16.3. The summed E-state index contributed by atoms with van der Waals surface area (Å²) in [7, 11) is -3.39. The SMILES string of the molecule is CS(=O)(=O)Nc1cccc(-c2ccc3cnc(Nc4ccc(N5CCN(CCOCCOCCC(=O)O)CC5)cc4)nn23)c1. The summed E-state index contributed by atoms with van der Waals surface area (Å²) < 4.78 is 38.5. The van der Waals surface area contributed by atoms with Gasteiger partial charge in [-0.25, -0.2) is 17.9 Å². The van der Waals surface area contributed by atoms with Crippen LogP contribution in [0, 0.1) is 0 Å². The van der Waals surface area contributed by atoms with Crippen LogP contribution in [-0.2, 0) is 24.3 Å². The van der Waals surface area contributed by atoms with E-state index < -0.39 is 16.0 Å². The van der Waals surface area contributed by atoms with Crippen LogP contribution < -0.4 is 14.9 Å². The number of hydrogen-bond donors (Lipinski definition) is 3. The van der Waals surface area contributed by atoms with E-state index in [1.54, 1.807) is 28.9 Å². The van der Waals surface area contributed by atoms with Crippen molar-refractivity contribution < 1.29 is 27.8 Å². The predicted molar refractivity (Wildman–Crippen MR) is 169 cm³/mol. The summed E-state index contributed by atoms with van der Waals surface area (Å²) in [5.74, 6) is -0.420. The first-order valence-electron chi connectivity index (χ1n) is 14.4. The van der Waals surface area contributed by atoms with Crippen molar-refractivity contribution in [2.75, 3.05) is 80.3 Å². The summed E-state index contributed by atoms with van der Waals surface area (Å²) in [5.41, 5.74) is 4.94. The molecule has 1 aliphatic heterocycles. The lowest BCUT2D eigenvalue weighted by molar-refractivity contribution is -0.138. The van der Waals surface area contributed by atoms with Crippen molar-refractivity contribution in [3.63, 3.8) is 0 Å². The molecule has 1 fully saturated rings. The Morgan fingerprint density at radius 1 is 0.932 bits per heavy atom. The van der Waals surface area contributed by atoms with Gasteiger partial charge in [0.05, 0.1) is 56.5 Å². The highest BCUT2D eigenvalue weighted by molar-refractivity contribution is 7.92. The number of aromatic nitrogens is 3. The zero-order valence-electron chi connectivity index (χ0n) is 24.6. The van der Waals surface area contributed by atoms with E-state index in [0.717, 1.165) is 67.1 Å². The number of fused-ring (bicyclic) bond motifs is 1. The van der Waals surface area contributed by atoms with Crippen LogP contribution in [0.5, 0.6) is 0 Å². The van der Waals surface area contributed by atoms with E-state index in [4.69, 9.17) is 14.6 Å². The molecule has 0 bridgehead atoms. The molecule has 0 amide bonds. The second-order valence-electron chi connectivity index (χ2n) is 10.5. The Balaban J connectivity index is 1.11. The molecule has 0 saturated carbocycles. The highest BCUT2D eigenvalue weighted by Crippen LogP contribution is 2.26. The quantitative estimate of drug-likeness (QED) is 0.168. The molecule has 0 unspecified atom stereocenters. The van der Waals surface area contributed by atoms with Crippen molar-refractivity contribution in [3.8, 4) is 11.3 Å². The maximum atomic E-state index is 11.7. The van der Waals surface area contributed by atoms with Crippen LogP contribution in [0.1, 0.15) is 6.42 Å². The van der Waals surface area contributed by atoms with Crippen molar-refractivity contribution in [2.24, 2.45) is 0 Å². The smallest absolute Gasteiger partial charge is 0.305 e. The van der Waals surface area contributed by atoms with Crippen molar-refractivity contribution in [1.29, 1.82) is 0 Å². The molecule has 4 aromatic rings. The maximum Gasteiger partial charge on any atom is 0.305 e. The number of anilines is 4. The van der Waals surface area contributed by atoms with Gasteiger partial charge in [0.2, 0.25) is 16.0 Å². The van der Waals surface area contributed by atoms with Gasteiger partial charge in [-0.2, -0.15) is 0 Å². The number of nitrogens with one attached hydrogen (secondary N) is 2. The predicted octanol–water partition coefficient (Wildman–Crippen LogP) is 3.14. The molecule has 0 radical (unpaired) electrons. The summed E-state index contributed by atoms with van der Waals surface area (Å²) in [6, 6.07) is 19.2. The number of carboxylic acids is 1. The Hall–Kier alpha value is -4.24. The zero-order chi connectivity index (χ0) is 30.9. The molecule has 234 valence electrons. The van der Waals surface area contributed by atoms with Gasteiger partial charge in [-0.15, -0.1) is 5.10 Å². The van der Waals surface area contributed by atoms with E-state index in [1.165, 1.54) is 0 Å². The summed E-state index contributed by atoms with van der Waals surface area (Å²) in [6.45, 7) is 6.27. The number of benzene rings is 2. The van der Waals surface area contributed by atoms with Gasteiger partial charge in [0.25, 0.3) is 0 Å². The van der Waals surface area contributed by atoms with Crippen molar-refractivity contribution in [1.82, 2.24) is 19.5 Å². The molecule has 2 aromatic heterocycles. The van der Waals surface area contributed by atoms with Crippen LogP contribution in [0.25, 0.3) is 16.8 Å². The van der Waals surface area contributed by atoms with Gasteiger partial charge in [0, 0.05) is 55.3 Å². The van der Waals surface area contributed by atoms with Crippen LogP contribution in [0.15, 0.2) is 66.9 Å². The van der Waals surface area contributed by atoms with Crippen molar-refractivity contribution >= 4 is 44.5 Å². The number of carboxylic acid groups (broad SMARTS) is 1. The minimum absolute atomic E-state index is 0.0103. The highest BCUT2D eigenvalue weighted by atomic mass is 32.2. The van der Waals surface area contributed by atoms with Crippen LogP contribution in [0.4, 0.5) is 23.0 Å². The molecule has 44 heavy (non-hydrogen) atoms. The molecule has 1 saturated heterocycles. The summed E-state index contributed by atoms with van der Waals surface area (Å²) in [6.07, 6.45) is 2.88. The molecule has 5 rings (SSSR count). The summed E-state index contributed by atoms with van der Waals surface area (Å²) in [4.78, 5) is 19.7. The van der Waals surface area contributed by atoms with Crippen molar-refractivity contribution in [3.05, 3.63) is 66.9 Å². The Bertz CT molecular complexity index is 1650. The zero-order valence-corrected chi connectivity index (χ0v) is 25.4. The van der Waals surface area contributed by atoms with Crippen LogP contribution in [0.3, 0.4) is 0 Å². The molecule has 1 aliphatic rings. The summed E-state index contributed by atoms with van der Waals surface area (Å²) in [5, 5.41) is 16.6. The Morgan fingerprint density at radius 3 is 2.41 bits per heavy atom. The Morgan fingerprint density at radius 2 is 1.68 bits per heavy atom. The Labute approximate surface area is 256 Å². The van der Waals surface area contributed by atoms with E-state index >= 15 is 0 Å². The number of ether oxygens (including phenoxy) is 2. The van der Waals surface area contributed by atoms with E-state index in [1.807, 2.05) is 30.3 Å². The lowest BCUT2D eigenvalue weighted by Crippen LogP contribution is -2.47. The normalized spacial score (nSPS) is 14.2. The highest BCUT2D eigenvalue weighted by Gasteiger charge is 2.17. The molecule has 0 atom stereocenters. The minimum Gasteiger partial charge on any atom is -0.481 e. The standard InChI is InChI=1S/C30H37N7O6S/c1-44(40,41)34-25-4-2-3-23(21-25)28-10-9-27-22-31-30(33-37(27)28)32-24-5-7-26(8-6-24)36-14-12-35(13-15-36)16-18-43-20-19-42-17-11-29(38)39/h2-10,21-22,34H,11-20H2,1H3,(H,32,33)(H,38,39). The van der Waals surface area contributed by atoms with Crippen LogP contribution >= 0.6 is 0 Å². The fourth-order valence-electron chi connectivity index (χ4n) is 4.92. The Kier molecular flexibility index (Phi) is 10.3. The number of hydrogen-bond acceptors (Lipinski definition) is 10. The molecule has 3 N–H and O–H groups in total. The van der Waals surface area contributed by atoms with Gasteiger partial charge in [-0.1, -0.05) is 12.1 Å². The second kappa shape index (κ2) is 14.5. The van der Waals surface area contributed by atoms with Gasteiger partial charge in [0.15, 0.2) is 0 Å². The molecule has 3 heterocycles. The van der Waals surface area contributed by atoms with Crippen molar-refractivity contribution in [2.45, 2.75) is 6.42 Å². The van der Waals surface area contributed by atoms with E-state index in [9.17, 15) is 13.2 Å². The average Bonchev–Trinajstić information content (AvgIpc) is 3.42. The number of aliphatic carboxylic acids is 1. The first-order chi connectivity index (χ1) is 21.2. The number of rotatable bonds is 15.